The van der Waals surface area contributed by atoms with E-state index in [1.807, 2.05) is 74.5 Å². The minimum atomic E-state index is -1.25. The van der Waals surface area contributed by atoms with Gasteiger partial charge in [-0.2, -0.15) is 10.2 Å². The normalized spacial score (nSPS) is 26.9. The minimum absolute atomic E-state index is 0.669. The lowest BCUT2D eigenvalue weighted by atomic mass is 10.2. The molecular weight excluding hydrogens is 300 g/mol. The lowest BCUT2D eigenvalue weighted by molar-refractivity contribution is 0.643. The second-order valence-electron chi connectivity index (χ2n) is 5.28. The van der Waals surface area contributed by atoms with E-state index in [0.29, 0.717) is 0 Å². The lowest BCUT2D eigenvalue weighted by Crippen LogP contribution is -2.32. The Morgan fingerprint density at radius 3 is 2.00 bits per heavy atom. The summed E-state index contributed by atoms with van der Waals surface area (Å²) in [7, 11) is -1.25. The van der Waals surface area contributed by atoms with E-state index in [1.165, 1.54) is 11.8 Å². The van der Waals surface area contributed by atoms with Crippen LogP contribution in [0.3, 0.4) is 0 Å². The fourth-order valence-electron chi connectivity index (χ4n) is 2.18. The third kappa shape index (κ3) is 2.56. The minimum Gasteiger partial charge on any atom is -0.253 e. The van der Waals surface area contributed by atoms with Crippen molar-refractivity contribution < 1.29 is 4.21 Å². The molecule has 3 nitrogen and oxygen atoms in total. The Morgan fingerprint density at radius 2 is 1.48 bits per heavy atom. The Balaban J connectivity index is 2.09. The Kier molecular flexibility index (Phi) is 3.71. The number of hydrogen-bond acceptors (Lipinski definition) is 4. The first-order valence-electron chi connectivity index (χ1n) is 6.70. The van der Waals surface area contributed by atoms with Crippen LogP contribution in [-0.4, -0.2) is 9.08 Å². The first kappa shape index (κ1) is 14.5. The third-order valence-corrected chi connectivity index (χ3v) is 6.88. The summed E-state index contributed by atoms with van der Waals surface area (Å²) >= 11 is 1.50. The monoisotopic (exact) mass is 316 g/mol. The Hall–Kier alpha value is -1.46. The highest BCUT2D eigenvalue weighted by atomic mass is 32.2. The zero-order valence-corrected chi connectivity index (χ0v) is 13.5. The van der Waals surface area contributed by atoms with Crippen molar-refractivity contribution in [1.29, 1.82) is 0 Å². The molecule has 1 aliphatic heterocycles. The van der Waals surface area contributed by atoms with Crippen LogP contribution in [0.4, 0.5) is 0 Å². The van der Waals surface area contributed by atoms with Gasteiger partial charge in [0, 0.05) is 10.5 Å². The number of benzene rings is 2. The predicted molar refractivity (Wildman–Crippen MR) is 87.5 cm³/mol. The smallest absolute Gasteiger partial charge is 0.233 e. The highest BCUT2D eigenvalue weighted by Crippen LogP contribution is 2.52. The quantitative estimate of drug-likeness (QED) is 0.834. The van der Waals surface area contributed by atoms with Crippen LogP contribution < -0.4 is 0 Å². The van der Waals surface area contributed by atoms with Crippen LogP contribution in [0.25, 0.3) is 0 Å². The largest absolute Gasteiger partial charge is 0.253 e. The van der Waals surface area contributed by atoms with Crippen molar-refractivity contribution in [2.45, 2.75) is 27.8 Å². The fraction of sp³-hybridized carbons (Fsp3) is 0.250. The maximum atomic E-state index is 13.1. The summed E-state index contributed by atoms with van der Waals surface area (Å²) in [4.78, 5) is 0.365. The molecule has 108 valence electrons. The molecule has 2 aromatic rings. The van der Waals surface area contributed by atoms with Crippen molar-refractivity contribution >= 4 is 22.6 Å². The van der Waals surface area contributed by atoms with Gasteiger partial charge in [0.15, 0.2) is 4.87 Å². The van der Waals surface area contributed by atoms with Crippen LogP contribution in [0.15, 0.2) is 75.8 Å². The summed E-state index contributed by atoms with van der Waals surface area (Å²) in [5.41, 5.74) is 0.923. The molecule has 0 fully saturated rings. The standard InChI is InChI=1S/C16H16N2OS2/c1-15(2)17-18-16(21(15)19,13-9-5-3-6-10-13)20-14-11-7-4-8-12-14/h3-12H,1-2H3/t16-,21-/m0/s1. The van der Waals surface area contributed by atoms with Crippen molar-refractivity contribution in [3.8, 4) is 0 Å². The molecule has 0 aliphatic carbocycles. The van der Waals surface area contributed by atoms with Gasteiger partial charge in [0.1, 0.15) is 0 Å². The first-order chi connectivity index (χ1) is 10.0. The van der Waals surface area contributed by atoms with Crippen LogP contribution in [0, 0.1) is 0 Å². The second kappa shape index (κ2) is 5.39. The van der Waals surface area contributed by atoms with Gasteiger partial charge in [-0.1, -0.05) is 60.3 Å². The predicted octanol–water partition coefficient (Wildman–Crippen LogP) is 4.54. The van der Waals surface area contributed by atoms with Gasteiger partial charge in [-0.05, 0) is 26.0 Å². The van der Waals surface area contributed by atoms with Gasteiger partial charge in [0.2, 0.25) is 4.20 Å². The SMILES string of the molecule is CC1(C)N=N[C@](Sc2ccccc2)(c2ccccc2)[S@]1=O. The number of azo groups is 1. The molecule has 0 unspecified atom stereocenters. The van der Waals surface area contributed by atoms with Crippen LogP contribution in [0.1, 0.15) is 19.4 Å². The molecule has 1 heterocycles. The molecule has 0 bridgehead atoms. The van der Waals surface area contributed by atoms with Crippen LogP contribution in [0.5, 0.6) is 0 Å². The summed E-state index contributed by atoms with van der Waals surface area (Å²) in [6, 6.07) is 19.7. The van der Waals surface area contributed by atoms with E-state index in [9.17, 15) is 4.21 Å². The van der Waals surface area contributed by atoms with E-state index in [0.717, 1.165) is 10.5 Å². The van der Waals surface area contributed by atoms with Crippen molar-refractivity contribution in [3.63, 3.8) is 0 Å². The first-order valence-corrected chi connectivity index (χ1v) is 8.67. The summed E-state index contributed by atoms with van der Waals surface area (Å²) in [6.07, 6.45) is 0. The summed E-state index contributed by atoms with van der Waals surface area (Å²) < 4.78 is 12.2. The molecule has 21 heavy (non-hydrogen) atoms. The zero-order chi connectivity index (χ0) is 14.9. The Labute approximate surface area is 131 Å². The Bertz CT molecular complexity index is 686. The van der Waals surface area contributed by atoms with Gasteiger partial charge in [-0.25, -0.2) is 0 Å². The van der Waals surface area contributed by atoms with Gasteiger partial charge in [0.05, 0.1) is 10.8 Å². The molecule has 0 spiro atoms. The van der Waals surface area contributed by atoms with Crippen molar-refractivity contribution in [3.05, 3.63) is 66.2 Å². The molecule has 2 atom stereocenters. The number of nitrogens with zero attached hydrogens (tertiary/aromatic N) is 2. The molecular formula is C16H16N2OS2. The summed E-state index contributed by atoms with van der Waals surface area (Å²) in [5, 5.41) is 8.73. The second-order valence-corrected chi connectivity index (χ2v) is 8.93. The third-order valence-electron chi connectivity index (χ3n) is 3.27. The summed E-state index contributed by atoms with van der Waals surface area (Å²) in [5.74, 6) is 0. The highest BCUT2D eigenvalue weighted by Gasteiger charge is 2.52. The molecule has 3 rings (SSSR count). The van der Waals surface area contributed by atoms with Crippen molar-refractivity contribution in [2.24, 2.45) is 10.2 Å². The molecule has 5 heteroatoms. The Morgan fingerprint density at radius 1 is 0.905 bits per heavy atom. The average Bonchev–Trinajstić information content (AvgIpc) is 2.74. The van der Waals surface area contributed by atoms with Crippen molar-refractivity contribution in [2.75, 3.05) is 0 Å². The molecule has 0 saturated heterocycles. The zero-order valence-electron chi connectivity index (χ0n) is 11.9. The highest BCUT2D eigenvalue weighted by molar-refractivity contribution is 8.12. The van der Waals surface area contributed by atoms with E-state index >= 15 is 0 Å². The molecule has 0 amide bonds. The molecule has 1 aliphatic rings. The summed E-state index contributed by atoms with van der Waals surface area (Å²) in [6.45, 7) is 3.73. The van der Waals surface area contributed by atoms with E-state index < -0.39 is 19.9 Å². The number of thioether (sulfide) groups is 1. The van der Waals surface area contributed by atoms with Gasteiger partial charge in [0.25, 0.3) is 0 Å². The van der Waals surface area contributed by atoms with Gasteiger partial charge in [-0.3, -0.25) is 4.21 Å². The van der Waals surface area contributed by atoms with Crippen LogP contribution in [-0.2, 0) is 15.0 Å². The van der Waals surface area contributed by atoms with Crippen LogP contribution in [0.2, 0.25) is 0 Å². The van der Waals surface area contributed by atoms with E-state index in [4.69, 9.17) is 0 Å². The molecule has 0 radical (unpaired) electrons. The van der Waals surface area contributed by atoms with E-state index in [1.54, 1.807) is 0 Å². The lowest BCUT2D eigenvalue weighted by Gasteiger charge is -2.26. The van der Waals surface area contributed by atoms with Gasteiger partial charge in [-0.15, -0.1) is 0 Å². The fourth-order valence-corrected chi connectivity index (χ4v) is 5.59. The maximum Gasteiger partial charge on any atom is 0.233 e. The maximum absolute atomic E-state index is 13.1. The van der Waals surface area contributed by atoms with E-state index in [-0.39, 0.29) is 0 Å². The molecule has 0 aromatic heterocycles. The number of hydrogen-bond donors (Lipinski definition) is 0. The average molecular weight is 316 g/mol. The molecule has 0 N–H and O–H groups in total. The van der Waals surface area contributed by atoms with E-state index in [2.05, 4.69) is 10.2 Å². The van der Waals surface area contributed by atoms with Gasteiger partial charge >= 0.3 is 0 Å². The van der Waals surface area contributed by atoms with Crippen LogP contribution >= 0.6 is 11.8 Å². The molecule has 0 saturated carbocycles. The molecule has 2 aromatic carbocycles. The topological polar surface area (TPSA) is 41.8 Å². The number of rotatable bonds is 3. The van der Waals surface area contributed by atoms with Gasteiger partial charge < -0.3 is 0 Å². The van der Waals surface area contributed by atoms with Crippen molar-refractivity contribution in [1.82, 2.24) is 0 Å².